The maximum atomic E-state index is 4.73. The highest BCUT2D eigenvalue weighted by Crippen LogP contribution is 2.39. The summed E-state index contributed by atoms with van der Waals surface area (Å²) in [6, 6.07) is 16.0. The molecule has 0 amide bonds. The molecule has 0 atom stereocenters. The Labute approximate surface area is 163 Å². The molecule has 3 aromatic rings. The van der Waals surface area contributed by atoms with Crippen LogP contribution in [0.2, 0.25) is 0 Å². The van der Waals surface area contributed by atoms with Crippen molar-refractivity contribution in [3.8, 4) is 11.3 Å². The number of pyridine rings is 1. The van der Waals surface area contributed by atoms with E-state index in [4.69, 9.17) is 4.98 Å². The maximum absolute atomic E-state index is 4.73. The molecule has 0 N–H and O–H groups in total. The van der Waals surface area contributed by atoms with Crippen LogP contribution in [0.5, 0.6) is 0 Å². The number of aryl methyl sites for hydroxylation is 2. The van der Waals surface area contributed by atoms with E-state index in [9.17, 15) is 0 Å². The molecule has 1 aromatic heterocycles. The third-order valence-electron chi connectivity index (χ3n) is 6.30. The average molecular weight is 358 g/mol. The summed E-state index contributed by atoms with van der Waals surface area (Å²) in [5, 5.41) is 2.60. The molecule has 1 aliphatic rings. The average Bonchev–Trinajstić information content (AvgIpc) is 2.67. The van der Waals surface area contributed by atoms with E-state index in [1.165, 1.54) is 71.6 Å². The van der Waals surface area contributed by atoms with Crippen molar-refractivity contribution < 1.29 is 0 Å². The zero-order valence-corrected chi connectivity index (χ0v) is 17.0. The van der Waals surface area contributed by atoms with Crippen LogP contribution in [-0.4, -0.2) is 4.98 Å². The van der Waals surface area contributed by atoms with E-state index in [1.807, 2.05) is 6.20 Å². The lowest BCUT2D eigenvalue weighted by Gasteiger charge is -2.28. The monoisotopic (exact) mass is 357 g/mol. The number of fused-ring (bicyclic) bond motifs is 1. The van der Waals surface area contributed by atoms with E-state index in [-0.39, 0.29) is 0 Å². The molecule has 0 bridgehead atoms. The van der Waals surface area contributed by atoms with Crippen LogP contribution >= 0.6 is 0 Å². The molecule has 1 nitrogen and oxygen atoms in total. The highest BCUT2D eigenvalue weighted by molar-refractivity contribution is 5.95. The summed E-state index contributed by atoms with van der Waals surface area (Å²) in [7, 11) is 0. The van der Waals surface area contributed by atoms with Gasteiger partial charge in [0.1, 0.15) is 0 Å². The number of hydrogen-bond donors (Lipinski definition) is 0. The van der Waals surface area contributed by atoms with Gasteiger partial charge >= 0.3 is 0 Å². The van der Waals surface area contributed by atoms with Crippen LogP contribution < -0.4 is 0 Å². The minimum absolute atomic E-state index is 0.736. The van der Waals surface area contributed by atoms with Gasteiger partial charge in [0, 0.05) is 17.1 Å². The Morgan fingerprint density at radius 3 is 2.33 bits per heavy atom. The third-order valence-corrected chi connectivity index (χ3v) is 6.30. The summed E-state index contributed by atoms with van der Waals surface area (Å²) in [6.45, 7) is 6.64. The Kier molecular flexibility index (Phi) is 5.29. The van der Waals surface area contributed by atoms with E-state index in [1.54, 1.807) is 0 Å². The van der Waals surface area contributed by atoms with Crippen molar-refractivity contribution in [2.24, 2.45) is 5.92 Å². The number of benzene rings is 2. The first-order chi connectivity index (χ1) is 13.1. The predicted octanol–water partition coefficient (Wildman–Crippen LogP) is 7.59. The lowest BCUT2D eigenvalue weighted by molar-refractivity contribution is 0.308. The molecule has 1 fully saturated rings. The highest BCUT2D eigenvalue weighted by Gasteiger charge is 2.22. The van der Waals surface area contributed by atoms with Gasteiger partial charge in [-0.05, 0) is 80.5 Å². The second-order valence-corrected chi connectivity index (χ2v) is 8.52. The summed E-state index contributed by atoms with van der Waals surface area (Å²) in [6.07, 6.45) is 10.2. The Bertz CT molecular complexity index is 912. The van der Waals surface area contributed by atoms with Crippen molar-refractivity contribution in [2.45, 2.75) is 65.2 Å². The molecule has 1 aliphatic carbocycles. The molecule has 2 aromatic carbocycles. The Morgan fingerprint density at radius 1 is 0.889 bits per heavy atom. The van der Waals surface area contributed by atoms with Crippen molar-refractivity contribution >= 4 is 10.8 Å². The molecule has 27 heavy (non-hydrogen) atoms. The Hall–Kier alpha value is -2.15. The maximum Gasteiger partial charge on any atom is 0.0780 e. The minimum atomic E-state index is 0.736. The van der Waals surface area contributed by atoms with Crippen LogP contribution in [-0.2, 0) is 0 Å². The van der Waals surface area contributed by atoms with Crippen molar-refractivity contribution in [3.63, 3.8) is 0 Å². The topological polar surface area (TPSA) is 12.9 Å². The summed E-state index contributed by atoms with van der Waals surface area (Å²) in [4.78, 5) is 4.73. The molecule has 0 radical (unpaired) electrons. The first-order valence-corrected chi connectivity index (χ1v) is 10.6. The molecular weight excluding hydrogens is 326 g/mol. The van der Waals surface area contributed by atoms with E-state index < -0.39 is 0 Å². The fraction of sp³-hybridized carbons (Fsp3) is 0.423. The van der Waals surface area contributed by atoms with Crippen LogP contribution in [0.15, 0.2) is 48.7 Å². The van der Waals surface area contributed by atoms with E-state index in [0.29, 0.717) is 0 Å². The molecule has 0 unspecified atom stereocenters. The minimum Gasteiger partial charge on any atom is -0.256 e. The SMILES string of the molecule is CCCC1CCC(c2ccc3c(-c4cc(C)cc(C)c4)nccc3c2)CC1. The predicted molar refractivity (Wildman–Crippen MR) is 116 cm³/mol. The van der Waals surface area contributed by atoms with Crippen LogP contribution in [0.1, 0.15) is 68.1 Å². The van der Waals surface area contributed by atoms with Gasteiger partial charge in [-0.1, -0.05) is 55.2 Å². The molecule has 0 aliphatic heterocycles. The first kappa shape index (κ1) is 18.2. The van der Waals surface area contributed by atoms with Gasteiger partial charge in [-0.3, -0.25) is 4.98 Å². The standard InChI is InChI=1S/C26H31N/c1-4-5-20-6-8-21(9-7-20)22-10-11-25-23(17-22)12-13-27-26(25)24-15-18(2)14-19(3)16-24/h10-17,20-21H,4-9H2,1-3H3. The van der Waals surface area contributed by atoms with Crippen LogP contribution in [0.4, 0.5) is 0 Å². The summed E-state index contributed by atoms with van der Waals surface area (Å²) in [5.41, 5.74) is 6.45. The van der Waals surface area contributed by atoms with Crippen LogP contribution in [0.25, 0.3) is 22.0 Å². The summed E-state index contributed by atoms with van der Waals surface area (Å²) in [5.74, 6) is 1.70. The highest BCUT2D eigenvalue weighted by atomic mass is 14.7. The molecule has 4 rings (SSSR count). The van der Waals surface area contributed by atoms with Crippen molar-refractivity contribution in [1.82, 2.24) is 4.98 Å². The second-order valence-electron chi connectivity index (χ2n) is 8.52. The van der Waals surface area contributed by atoms with Gasteiger partial charge < -0.3 is 0 Å². The molecule has 140 valence electrons. The fourth-order valence-electron chi connectivity index (χ4n) is 4.98. The number of nitrogens with zero attached hydrogens (tertiary/aromatic N) is 1. The Balaban J connectivity index is 1.65. The fourth-order valence-corrected chi connectivity index (χ4v) is 4.98. The van der Waals surface area contributed by atoms with Gasteiger partial charge in [0.05, 0.1) is 5.69 Å². The molecule has 0 saturated heterocycles. The van der Waals surface area contributed by atoms with E-state index in [0.717, 1.165) is 17.5 Å². The smallest absolute Gasteiger partial charge is 0.0780 e. The third kappa shape index (κ3) is 3.93. The van der Waals surface area contributed by atoms with Crippen molar-refractivity contribution in [3.05, 3.63) is 65.4 Å². The van der Waals surface area contributed by atoms with Gasteiger partial charge in [-0.25, -0.2) is 0 Å². The number of hydrogen-bond acceptors (Lipinski definition) is 1. The number of aromatic nitrogens is 1. The summed E-state index contributed by atoms with van der Waals surface area (Å²) < 4.78 is 0. The van der Waals surface area contributed by atoms with Crippen LogP contribution in [0, 0.1) is 19.8 Å². The van der Waals surface area contributed by atoms with Gasteiger partial charge in [0.2, 0.25) is 0 Å². The van der Waals surface area contributed by atoms with Crippen molar-refractivity contribution in [1.29, 1.82) is 0 Å². The van der Waals surface area contributed by atoms with Gasteiger partial charge in [0.25, 0.3) is 0 Å². The number of rotatable bonds is 4. The zero-order valence-electron chi connectivity index (χ0n) is 17.0. The molecule has 1 saturated carbocycles. The molecule has 0 spiro atoms. The molecular formula is C26H31N. The Morgan fingerprint density at radius 2 is 1.63 bits per heavy atom. The van der Waals surface area contributed by atoms with E-state index in [2.05, 4.69) is 63.2 Å². The lowest BCUT2D eigenvalue weighted by Crippen LogP contribution is -2.13. The summed E-state index contributed by atoms with van der Waals surface area (Å²) >= 11 is 0. The largest absolute Gasteiger partial charge is 0.256 e. The van der Waals surface area contributed by atoms with Gasteiger partial charge in [0.15, 0.2) is 0 Å². The quantitative estimate of drug-likeness (QED) is 0.468. The first-order valence-electron chi connectivity index (χ1n) is 10.6. The zero-order chi connectivity index (χ0) is 18.8. The lowest BCUT2D eigenvalue weighted by atomic mass is 9.77. The van der Waals surface area contributed by atoms with Crippen LogP contribution in [0.3, 0.4) is 0 Å². The van der Waals surface area contributed by atoms with Gasteiger partial charge in [-0.15, -0.1) is 0 Å². The van der Waals surface area contributed by atoms with Gasteiger partial charge in [-0.2, -0.15) is 0 Å². The molecule has 1 heteroatoms. The van der Waals surface area contributed by atoms with E-state index >= 15 is 0 Å². The normalized spacial score (nSPS) is 20.1. The molecule has 1 heterocycles. The second kappa shape index (κ2) is 7.84. The van der Waals surface area contributed by atoms with Crippen molar-refractivity contribution in [2.75, 3.05) is 0 Å².